The summed E-state index contributed by atoms with van der Waals surface area (Å²) in [6.45, 7) is 2.66. The molecule has 0 bridgehead atoms. The molecule has 1 fully saturated rings. The summed E-state index contributed by atoms with van der Waals surface area (Å²) in [7, 11) is 0. The number of carbonyl (C=O) groups excluding carboxylic acids is 1. The minimum Gasteiger partial charge on any atom is -0.464 e. The number of hydrazone groups is 1. The van der Waals surface area contributed by atoms with Crippen molar-refractivity contribution in [3.05, 3.63) is 55.6 Å². The molecule has 32 heavy (non-hydrogen) atoms. The second kappa shape index (κ2) is 10.7. The number of morpholine rings is 1. The van der Waals surface area contributed by atoms with Crippen LogP contribution in [0.2, 0.25) is 5.15 Å². The van der Waals surface area contributed by atoms with Crippen LogP contribution in [0.3, 0.4) is 0 Å². The molecule has 1 aliphatic rings. The van der Waals surface area contributed by atoms with Gasteiger partial charge in [0.1, 0.15) is 5.15 Å². The lowest BCUT2D eigenvalue weighted by atomic mass is 10.2. The van der Waals surface area contributed by atoms with Gasteiger partial charge in [0.15, 0.2) is 6.61 Å². The van der Waals surface area contributed by atoms with Gasteiger partial charge in [0.25, 0.3) is 11.8 Å². The van der Waals surface area contributed by atoms with Crippen LogP contribution in [0.15, 0.2) is 40.2 Å². The molecule has 1 aromatic carbocycles. The number of rotatable bonds is 8. The highest BCUT2D eigenvalue weighted by Crippen LogP contribution is 2.26. The van der Waals surface area contributed by atoms with Gasteiger partial charge in [-0.05, 0) is 5.56 Å². The third-order valence-electron chi connectivity index (χ3n) is 4.51. The molecule has 0 spiro atoms. The van der Waals surface area contributed by atoms with Crippen molar-refractivity contribution in [2.75, 3.05) is 37.8 Å². The Morgan fingerprint density at radius 3 is 2.84 bits per heavy atom. The zero-order chi connectivity index (χ0) is 22.3. The Morgan fingerprint density at radius 2 is 2.06 bits per heavy atom. The molecule has 1 saturated heterocycles. The van der Waals surface area contributed by atoms with E-state index in [9.17, 15) is 9.59 Å². The van der Waals surface area contributed by atoms with Crippen LogP contribution in [0.25, 0.3) is 0 Å². The molecule has 10 nitrogen and oxygen atoms in total. The van der Waals surface area contributed by atoms with Crippen molar-refractivity contribution < 1.29 is 14.3 Å². The summed E-state index contributed by atoms with van der Waals surface area (Å²) in [5, 5.41) is 4.15. The number of amides is 1. The lowest BCUT2D eigenvalue weighted by Gasteiger charge is -2.26. The number of thiazole rings is 1. The lowest BCUT2D eigenvalue weighted by molar-refractivity contribution is -0.123. The molecule has 4 rings (SSSR count). The van der Waals surface area contributed by atoms with Gasteiger partial charge in [-0.1, -0.05) is 53.3 Å². The minimum atomic E-state index is -0.477. The number of nitrogens with zero attached hydrogens (tertiary/aromatic N) is 5. The van der Waals surface area contributed by atoms with Gasteiger partial charge in [-0.2, -0.15) is 9.47 Å². The van der Waals surface area contributed by atoms with Crippen molar-refractivity contribution in [2.45, 2.75) is 6.54 Å². The Kier molecular flexibility index (Phi) is 7.47. The van der Waals surface area contributed by atoms with Crippen LogP contribution in [0.5, 0.6) is 5.88 Å². The van der Waals surface area contributed by atoms with Gasteiger partial charge in [0.2, 0.25) is 5.82 Å². The van der Waals surface area contributed by atoms with Crippen LogP contribution in [0.4, 0.5) is 5.82 Å². The first-order chi connectivity index (χ1) is 15.6. The van der Waals surface area contributed by atoms with Crippen molar-refractivity contribution in [3.8, 4) is 5.88 Å². The normalized spacial score (nSPS) is 14.1. The Hall–Kier alpha value is -2.80. The van der Waals surface area contributed by atoms with Crippen LogP contribution in [0, 0.1) is 0 Å². The minimum absolute atomic E-state index is 0.207. The molecule has 13 heteroatoms. The van der Waals surface area contributed by atoms with Gasteiger partial charge < -0.3 is 14.4 Å². The summed E-state index contributed by atoms with van der Waals surface area (Å²) in [6.07, 6.45) is 1.34. The first kappa shape index (κ1) is 22.4. The molecule has 0 atom stereocenters. The highest BCUT2D eigenvalue weighted by atomic mass is 35.5. The van der Waals surface area contributed by atoms with Gasteiger partial charge in [-0.25, -0.2) is 5.43 Å². The van der Waals surface area contributed by atoms with E-state index in [1.807, 2.05) is 35.2 Å². The van der Waals surface area contributed by atoms with E-state index < -0.39 is 5.91 Å². The maximum absolute atomic E-state index is 12.3. The van der Waals surface area contributed by atoms with E-state index in [4.69, 9.17) is 21.1 Å². The van der Waals surface area contributed by atoms with E-state index in [-0.39, 0.29) is 16.6 Å². The average molecular weight is 495 g/mol. The number of aromatic nitrogens is 3. The van der Waals surface area contributed by atoms with Crippen LogP contribution in [-0.4, -0.2) is 58.3 Å². The maximum Gasteiger partial charge on any atom is 0.309 e. The topological polar surface area (TPSA) is 111 Å². The molecular weight excluding hydrogens is 476 g/mol. The third-order valence-corrected chi connectivity index (χ3v) is 6.44. The number of benzene rings is 1. The molecule has 0 radical (unpaired) electrons. The Balaban J connectivity index is 1.31. The second-order valence-electron chi connectivity index (χ2n) is 6.67. The SMILES string of the molecule is O=C(COc1nsnc1N1CCOCC1)N/N=C\c1sc(=O)n(Cc2ccccc2)c1Cl. The molecule has 0 saturated carbocycles. The standard InChI is InChI=1S/C19H19ClN6O4S2/c20-16-14(31-19(28)26(16)11-13-4-2-1-3-5-13)10-21-22-15(27)12-30-18-17(23-32-24-18)25-6-8-29-9-7-25/h1-5,10H,6-9,11-12H2,(H,22,27)/b21-10-. The van der Waals surface area contributed by atoms with Crippen molar-refractivity contribution in [1.82, 2.24) is 18.7 Å². The van der Waals surface area contributed by atoms with E-state index in [1.54, 1.807) is 0 Å². The van der Waals surface area contributed by atoms with E-state index in [1.165, 1.54) is 10.8 Å². The van der Waals surface area contributed by atoms with Crippen molar-refractivity contribution in [3.63, 3.8) is 0 Å². The van der Waals surface area contributed by atoms with E-state index in [2.05, 4.69) is 19.3 Å². The number of hydrogen-bond donors (Lipinski definition) is 1. The molecular formula is C19H19ClN6O4S2. The maximum atomic E-state index is 12.3. The predicted molar refractivity (Wildman–Crippen MR) is 123 cm³/mol. The fourth-order valence-electron chi connectivity index (χ4n) is 2.95. The average Bonchev–Trinajstić information content (AvgIpc) is 3.39. The Bertz CT molecular complexity index is 1140. The van der Waals surface area contributed by atoms with Crippen molar-refractivity contribution in [1.29, 1.82) is 0 Å². The van der Waals surface area contributed by atoms with Crippen molar-refractivity contribution in [2.24, 2.45) is 5.10 Å². The number of hydrogen-bond acceptors (Lipinski definition) is 10. The van der Waals surface area contributed by atoms with Gasteiger partial charge in [-0.3, -0.25) is 14.2 Å². The van der Waals surface area contributed by atoms with Crippen LogP contribution in [-0.2, 0) is 16.1 Å². The largest absolute Gasteiger partial charge is 0.464 e. The Morgan fingerprint density at radius 1 is 1.28 bits per heavy atom. The number of halogens is 1. The fourth-order valence-corrected chi connectivity index (χ4v) is 4.57. The summed E-state index contributed by atoms with van der Waals surface area (Å²) in [5.74, 6) is 0.426. The number of ether oxygens (including phenoxy) is 2. The quantitative estimate of drug-likeness (QED) is 0.375. The molecule has 2 aromatic heterocycles. The van der Waals surface area contributed by atoms with Crippen LogP contribution < -0.4 is 19.9 Å². The van der Waals surface area contributed by atoms with Crippen molar-refractivity contribution >= 4 is 52.6 Å². The van der Waals surface area contributed by atoms with Gasteiger partial charge in [0.05, 0.1) is 42.6 Å². The lowest BCUT2D eigenvalue weighted by Crippen LogP contribution is -2.36. The highest BCUT2D eigenvalue weighted by Gasteiger charge is 2.20. The zero-order valence-electron chi connectivity index (χ0n) is 16.8. The monoisotopic (exact) mass is 494 g/mol. The second-order valence-corrected chi connectivity index (χ2v) is 8.55. The summed E-state index contributed by atoms with van der Waals surface area (Å²) >= 11 is 8.30. The molecule has 168 valence electrons. The summed E-state index contributed by atoms with van der Waals surface area (Å²) in [4.78, 5) is 26.6. The summed E-state index contributed by atoms with van der Waals surface area (Å²) in [6, 6.07) is 9.52. The fraction of sp³-hybridized carbons (Fsp3) is 0.316. The van der Waals surface area contributed by atoms with Crippen LogP contribution in [0.1, 0.15) is 10.4 Å². The van der Waals surface area contributed by atoms with Crippen LogP contribution >= 0.6 is 34.7 Å². The molecule has 1 aliphatic heterocycles. The smallest absolute Gasteiger partial charge is 0.309 e. The molecule has 1 N–H and O–H groups in total. The third kappa shape index (κ3) is 5.51. The zero-order valence-corrected chi connectivity index (χ0v) is 19.2. The Labute approximate surface area is 196 Å². The highest BCUT2D eigenvalue weighted by molar-refractivity contribution is 7.11. The first-order valence-electron chi connectivity index (χ1n) is 9.65. The number of nitrogens with one attached hydrogen (secondary N) is 1. The first-order valence-corrected chi connectivity index (χ1v) is 11.6. The van der Waals surface area contributed by atoms with Gasteiger partial charge >= 0.3 is 4.87 Å². The number of carbonyl (C=O) groups is 1. The van der Waals surface area contributed by atoms with E-state index in [0.29, 0.717) is 49.4 Å². The summed E-state index contributed by atoms with van der Waals surface area (Å²) in [5.41, 5.74) is 3.32. The molecule has 1 amide bonds. The van der Waals surface area contributed by atoms with E-state index >= 15 is 0 Å². The molecule has 3 aromatic rings. The molecule has 3 heterocycles. The van der Waals surface area contributed by atoms with E-state index in [0.717, 1.165) is 28.6 Å². The number of anilines is 1. The molecule has 0 aliphatic carbocycles. The van der Waals surface area contributed by atoms with Gasteiger partial charge in [-0.15, -0.1) is 4.37 Å². The molecule has 0 unspecified atom stereocenters. The summed E-state index contributed by atoms with van der Waals surface area (Å²) < 4.78 is 20.6. The van der Waals surface area contributed by atoms with Gasteiger partial charge in [0, 0.05) is 13.1 Å². The predicted octanol–water partition coefficient (Wildman–Crippen LogP) is 1.83.